The van der Waals surface area contributed by atoms with Crippen molar-refractivity contribution in [2.24, 2.45) is 0 Å². The largest absolute Gasteiger partial charge is 0.260 e. The second-order valence-corrected chi connectivity index (χ2v) is 6.49. The van der Waals surface area contributed by atoms with Crippen LogP contribution < -0.4 is 0 Å². The number of hydrogen-bond donors (Lipinski definition) is 0. The van der Waals surface area contributed by atoms with Crippen molar-refractivity contribution < 1.29 is 12.8 Å². The van der Waals surface area contributed by atoms with Crippen LogP contribution in [0.25, 0.3) is 0 Å². The fourth-order valence-corrected chi connectivity index (χ4v) is 2.84. The number of halogens is 2. The van der Waals surface area contributed by atoms with Gasteiger partial charge in [0.2, 0.25) is 10.0 Å². The van der Waals surface area contributed by atoms with E-state index in [1.54, 1.807) is 13.8 Å². The average molecular weight is 281 g/mol. The molecule has 17 heavy (non-hydrogen) atoms. The van der Waals surface area contributed by atoms with E-state index in [9.17, 15) is 12.8 Å². The fraction of sp³-hybridized carbons (Fsp3) is 0.500. The molecule has 1 aromatic heterocycles. The van der Waals surface area contributed by atoms with Crippen molar-refractivity contribution in [2.75, 3.05) is 12.9 Å². The Kier molecular flexibility index (Phi) is 4.11. The monoisotopic (exact) mass is 280 g/mol. The highest BCUT2D eigenvalue weighted by molar-refractivity contribution is 7.89. The minimum atomic E-state index is -3.78. The molecule has 7 heteroatoms. The first-order valence-electron chi connectivity index (χ1n) is 4.87. The van der Waals surface area contributed by atoms with E-state index < -0.39 is 21.4 Å². The second-order valence-electron chi connectivity index (χ2n) is 4.26. The maximum atomic E-state index is 13.0. The zero-order valence-electron chi connectivity index (χ0n) is 9.81. The Bertz CT molecular complexity index is 505. The Morgan fingerprint density at radius 1 is 1.47 bits per heavy atom. The number of alkyl halides is 1. The summed E-state index contributed by atoms with van der Waals surface area (Å²) < 4.78 is 38.4. The number of hydrogen-bond acceptors (Lipinski definition) is 3. The van der Waals surface area contributed by atoms with Crippen LogP contribution in [0, 0.1) is 5.82 Å². The van der Waals surface area contributed by atoms with Crippen LogP contribution in [-0.4, -0.2) is 36.2 Å². The number of rotatable bonds is 4. The molecule has 0 aromatic carbocycles. The zero-order valence-corrected chi connectivity index (χ0v) is 11.4. The van der Waals surface area contributed by atoms with Gasteiger partial charge in [0.05, 0.1) is 6.20 Å². The number of sulfonamides is 1. The Balaban J connectivity index is 3.21. The molecule has 0 atom stereocenters. The van der Waals surface area contributed by atoms with Crippen molar-refractivity contribution in [1.82, 2.24) is 9.29 Å². The molecule has 1 rings (SSSR count). The normalized spacial score (nSPS) is 13.1. The van der Waals surface area contributed by atoms with E-state index in [-0.39, 0.29) is 10.8 Å². The van der Waals surface area contributed by atoms with Gasteiger partial charge in [0, 0.05) is 24.7 Å². The van der Waals surface area contributed by atoms with E-state index in [1.165, 1.54) is 7.05 Å². The van der Waals surface area contributed by atoms with E-state index in [1.807, 2.05) is 0 Å². The summed E-state index contributed by atoms with van der Waals surface area (Å²) in [5.41, 5.74) is -0.757. The molecule has 0 bridgehead atoms. The van der Waals surface area contributed by atoms with Crippen LogP contribution >= 0.6 is 11.6 Å². The summed E-state index contributed by atoms with van der Waals surface area (Å²) in [4.78, 5) is 3.34. The predicted molar refractivity (Wildman–Crippen MR) is 63.9 cm³/mol. The quantitative estimate of drug-likeness (QED) is 0.791. The summed E-state index contributed by atoms with van der Waals surface area (Å²) in [6.45, 7) is 3.37. The molecule has 0 N–H and O–H groups in total. The van der Waals surface area contributed by atoms with E-state index in [0.29, 0.717) is 0 Å². The van der Waals surface area contributed by atoms with Crippen molar-refractivity contribution in [3.8, 4) is 0 Å². The molecule has 0 aliphatic carbocycles. The van der Waals surface area contributed by atoms with Crippen molar-refractivity contribution in [2.45, 2.75) is 24.3 Å². The third-order valence-corrected chi connectivity index (χ3v) is 5.21. The van der Waals surface area contributed by atoms with Crippen LogP contribution in [0.5, 0.6) is 0 Å². The number of nitrogens with zero attached hydrogens (tertiary/aromatic N) is 2. The highest BCUT2D eigenvalue weighted by Gasteiger charge is 2.33. The van der Waals surface area contributed by atoms with Crippen LogP contribution in [0.1, 0.15) is 13.8 Å². The van der Waals surface area contributed by atoms with Crippen LogP contribution in [0.3, 0.4) is 0 Å². The Morgan fingerprint density at radius 3 is 2.53 bits per heavy atom. The second kappa shape index (κ2) is 4.88. The van der Waals surface area contributed by atoms with Gasteiger partial charge in [0.15, 0.2) is 0 Å². The molecule has 4 nitrogen and oxygen atoms in total. The Morgan fingerprint density at radius 2 is 2.06 bits per heavy atom. The molecular formula is C10H14ClFN2O2S. The van der Waals surface area contributed by atoms with Gasteiger partial charge in [0.1, 0.15) is 10.7 Å². The van der Waals surface area contributed by atoms with E-state index in [0.717, 1.165) is 22.8 Å². The first kappa shape index (κ1) is 14.3. The molecule has 0 radical (unpaired) electrons. The van der Waals surface area contributed by atoms with Crippen molar-refractivity contribution >= 4 is 21.6 Å². The average Bonchev–Trinajstić information content (AvgIpc) is 2.28. The lowest BCUT2D eigenvalue weighted by Crippen LogP contribution is -2.46. The van der Waals surface area contributed by atoms with Gasteiger partial charge in [0.25, 0.3) is 0 Å². The molecule has 0 amide bonds. The Hall–Kier alpha value is -0.720. The standard InChI is InChI=1S/C10H14ClFN2O2S/c1-10(2,7-11)14(3)17(15,16)9-4-8(12)5-13-6-9/h4-6H,7H2,1-3H3. The molecule has 0 unspecified atom stereocenters. The van der Waals surface area contributed by atoms with Gasteiger partial charge in [-0.2, -0.15) is 4.31 Å². The van der Waals surface area contributed by atoms with Gasteiger partial charge in [-0.05, 0) is 19.9 Å². The maximum absolute atomic E-state index is 13.0. The summed E-state index contributed by atoms with van der Waals surface area (Å²) in [5, 5.41) is 0. The smallest absolute Gasteiger partial charge is 0.244 e. The van der Waals surface area contributed by atoms with Crippen LogP contribution in [0.2, 0.25) is 0 Å². The maximum Gasteiger partial charge on any atom is 0.244 e. The molecule has 0 aliphatic rings. The topological polar surface area (TPSA) is 50.3 Å². The van der Waals surface area contributed by atoms with Crippen LogP contribution in [0.15, 0.2) is 23.4 Å². The van der Waals surface area contributed by atoms with Crippen LogP contribution in [-0.2, 0) is 10.0 Å². The highest BCUT2D eigenvalue weighted by Crippen LogP contribution is 2.23. The summed E-state index contributed by atoms with van der Waals surface area (Å²) >= 11 is 5.72. The van der Waals surface area contributed by atoms with E-state index in [2.05, 4.69) is 4.98 Å². The van der Waals surface area contributed by atoms with Gasteiger partial charge in [-0.3, -0.25) is 4.98 Å². The lowest BCUT2D eigenvalue weighted by Gasteiger charge is -2.32. The van der Waals surface area contributed by atoms with Crippen LogP contribution in [0.4, 0.5) is 4.39 Å². The molecule has 1 heterocycles. The van der Waals surface area contributed by atoms with Gasteiger partial charge >= 0.3 is 0 Å². The molecule has 1 aromatic rings. The van der Waals surface area contributed by atoms with Gasteiger partial charge < -0.3 is 0 Å². The van der Waals surface area contributed by atoms with Crippen molar-refractivity contribution in [3.63, 3.8) is 0 Å². The third-order valence-electron chi connectivity index (χ3n) is 2.52. The predicted octanol–water partition coefficient (Wildman–Crippen LogP) is 1.86. The van der Waals surface area contributed by atoms with Crippen molar-refractivity contribution in [1.29, 1.82) is 0 Å². The summed E-state index contributed by atoms with van der Waals surface area (Å²) in [6, 6.07) is 0.934. The molecule has 0 saturated carbocycles. The van der Waals surface area contributed by atoms with Gasteiger partial charge in [-0.15, -0.1) is 11.6 Å². The van der Waals surface area contributed by atoms with Gasteiger partial charge in [-0.25, -0.2) is 12.8 Å². The zero-order chi connectivity index (χ0) is 13.3. The molecule has 96 valence electrons. The molecule has 0 fully saturated rings. The highest BCUT2D eigenvalue weighted by atomic mass is 35.5. The lowest BCUT2D eigenvalue weighted by molar-refractivity contribution is 0.295. The van der Waals surface area contributed by atoms with Crippen molar-refractivity contribution in [3.05, 3.63) is 24.3 Å². The van der Waals surface area contributed by atoms with E-state index >= 15 is 0 Å². The third kappa shape index (κ3) is 2.94. The number of aromatic nitrogens is 1. The SMILES string of the molecule is CN(C(C)(C)CCl)S(=O)(=O)c1cncc(F)c1. The minimum absolute atomic E-state index is 0.130. The van der Waals surface area contributed by atoms with E-state index in [4.69, 9.17) is 11.6 Å². The number of pyridine rings is 1. The molecule has 0 spiro atoms. The van der Waals surface area contributed by atoms with Gasteiger partial charge in [-0.1, -0.05) is 0 Å². The lowest BCUT2D eigenvalue weighted by atomic mass is 10.1. The first-order valence-corrected chi connectivity index (χ1v) is 6.85. The Labute approximate surface area is 105 Å². The molecular weight excluding hydrogens is 267 g/mol. The summed E-state index contributed by atoms with van der Waals surface area (Å²) in [7, 11) is -2.38. The summed E-state index contributed by atoms with van der Waals surface area (Å²) in [5.74, 6) is -0.561. The summed E-state index contributed by atoms with van der Waals surface area (Å²) in [6.07, 6.45) is 2.06. The fourth-order valence-electron chi connectivity index (χ4n) is 1.10. The first-order chi connectivity index (χ1) is 7.71. The minimum Gasteiger partial charge on any atom is -0.260 e. The molecule has 0 saturated heterocycles. The molecule has 0 aliphatic heterocycles.